The van der Waals surface area contributed by atoms with Crippen LogP contribution in [0.1, 0.15) is 24.8 Å². The van der Waals surface area contributed by atoms with E-state index >= 15 is 0 Å². The maximum absolute atomic E-state index is 12.8. The number of nitrogen functional groups attached to an aromatic ring is 1. The Morgan fingerprint density at radius 1 is 1.36 bits per heavy atom. The van der Waals surface area contributed by atoms with Gasteiger partial charge in [-0.15, -0.1) is 0 Å². The second kappa shape index (κ2) is 6.22. The maximum Gasteiger partial charge on any atom is 0.230 e. The highest BCUT2D eigenvalue weighted by molar-refractivity contribution is 5.84. The summed E-state index contributed by atoms with van der Waals surface area (Å²) in [5.41, 5.74) is 6.68. The van der Waals surface area contributed by atoms with Gasteiger partial charge in [-0.2, -0.15) is 0 Å². The molecule has 3 N–H and O–H groups in total. The van der Waals surface area contributed by atoms with E-state index in [0.29, 0.717) is 12.4 Å². The van der Waals surface area contributed by atoms with Crippen molar-refractivity contribution in [2.24, 2.45) is 5.41 Å². The zero-order valence-electron chi connectivity index (χ0n) is 12.9. The van der Waals surface area contributed by atoms with E-state index in [0.717, 1.165) is 51.0 Å². The summed E-state index contributed by atoms with van der Waals surface area (Å²) in [6, 6.07) is 3.89. The second-order valence-corrected chi connectivity index (χ2v) is 6.41. The van der Waals surface area contributed by atoms with Gasteiger partial charge in [0.05, 0.1) is 12.0 Å². The van der Waals surface area contributed by atoms with E-state index in [9.17, 15) is 4.79 Å². The Morgan fingerprint density at radius 2 is 2.23 bits per heavy atom. The first-order valence-electron chi connectivity index (χ1n) is 7.97. The molecule has 22 heavy (non-hydrogen) atoms. The van der Waals surface area contributed by atoms with Gasteiger partial charge >= 0.3 is 0 Å². The Balaban J connectivity index is 1.68. The van der Waals surface area contributed by atoms with Crippen LogP contribution in [0, 0.1) is 5.41 Å². The Morgan fingerprint density at radius 3 is 3.00 bits per heavy atom. The van der Waals surface area contributed by atoms with Gasteiger partial charge in [-0.25, -0.2) is 4.98 Å². The van der Waals surface area contributed by atoms with Crippen LogP contribution < -0.4 is 5.73 Å². The smallest absolute Gasteiger partial charge is 0.230 e. The van der Waals surface area contributed by atoms with E-state index in [1.807, 2.05) is 17.0 Å². The molecule has 0 saturated carbocycles. The summed E-state index contributed by atoms with van der Waals surface area (Å²) in [5, 5.41) is 9.12. The minimum absolute atomic E-state index is 0.0394. The van der Waals surface area contributed by atoms with Gasteiger partial charge in [0.25, 0.3) is 0 Å². The number of aliphatic hydroxyl groups excluding tert-OH is 1. The summed E-state index contributed by atoms with van der Waals surface area (Å²) in [6.45, 7) is 3.70. The average Bonchev–Trinajstić information content (AvgIpc) is 2.91. The molecule has 0 unspecified atom stereocenters. The Kier molecular flexibility index (Phi) is 4.31. The molecular weight excluding hydrogens is 280 g/mol. The monoisotopic (exact) mass is 304 g/mol. The van der Waals surface area contributed by atoms with E-state index in [1.165, 1.54) is 0 Å². The van der Waals surface area contributed by atoms with Crippen molar-refractivity contribution in [1.82, 2.24) is 14.8 Å². The summed E-state index contributed by atoms with van der Waals surface area (Å²) in [7, 11) is 0. The first kappa shape index (κ1) is 15.2. The van der Waals surface area contributed by atoms with Gasteiger partial charge in [-0.1, -0.05) is 6.07 Å². The van der Waals surface area contributed by atoms with Crippen LogP contribution >= 0.6 is 0 Å². The van der Waals surface area contributed by atoms with Gasteiger partial charge in [0.1, 0.15) is 5.82 Å². The quantitative estimate of drug-likeness (QED) is 0.845. The molecule has 0 radical (unpaired) electrons. The molecule has 2 saturated heterocycles. The first-order valence-corrected chi connectivity index (χ1v) is 7.97. The van der Waals surface area contributed by atoms with Gasteiger partial charge in [-0.3, -0.25) is 9.69 Å². The van der Waals surface area contributed by atoms with Crippen LogP contribution in [0.15, 0.2) is 18.3 Å². The highest BCUT2D eigenvalue weighted by Gasteiger charge is 2.48. The number of rotatable bonds is 4. The van der Waals surface area contributed by atoms with Crippen LogP contribution in [-0.4, -0.2) is 58.6 Å². The average molecular weight is 304 g/mol. The molecule has 6 heteroatoms. The van der Waals surface area contributed by atoms with Crippen molar-refractivity contribution >= 4 is 11.7 Å². The van der Waals surface area contributed by atoms with Gasteiger partial charge in [0.15, 0.2) is 0 Å². The highest BCUT2D eigenvalue weighted by Crippen LogP contribution is 2.40. The Hall–Kier alpha value is -1.66. The maximum atomic E-state index is 12.8. The van der Waals surface area contributed by atoms with Crippen molar-refractivity contribution in [2.75, 3.05) is 38.5 Å². The van der Waals surface area contributed by atoms with Gasteiger partial charge in [-0.05, 0) is 31.9 Å². The predicted molar refractivity (Wildman–Crippen MR) is 83.9 cm³/mol. The largest absolute Gasteiger partial charge is 0.395 e. The lowest BCUT2D eigenvalue weighted by Gasteiger charge is -2.39. The molecule has 3 rings (SSSR count). The standard InChI is InChI=1S/C16H24N4O2/c17-14-13(3-1-6-18-14)11-19-8-5-16(12-19)4-2-7-20(9-10-21)15(16)22/h1,3,6,21H,2,4-5,7-12H2,(H2,17,18)/t16-/m0/s1. The van der Waals surface area contributed by atoms with Crippen molar-refractivity contribution in [2.45, 2.75) is 25.8 Å². The third kappa shape index (κ3) is 2.80. The highest BCUT2D eigenvalue weighted by atomic mass is 16.3. The Bertz CT molecular complexity index is 549. The number of carbonyl (C=O) groups is 1. The van der Waals surface area contributed by atoms with Crippen LogP contribution in [0.25, 0.3) is 0 Å². The van der Waals surface area contributed by atoms with Crippen LogP contribution in [0.4, 0.5) is 5.82 Å². The second-order valence-electron chi connectivity index (χ2n) is 6.41. The van der Waals surface area contributed by atoms with Crippen LogP contribution in [-0.2, 0) is 11.3 Å². The number of anilines is 1. The summed E-state index contributed by atoms with van der Waals surface area (Å²) in [5.74, 6) is 0.787. The lowest BCUT2D eigenvalue weighted by Crippen LogP contribution is -2.50. The third-order valence-corrected chi connectivity index (χ3v) is 4.95. The summed E-state index contributed by atoms with van der Waals surface area (Å²) < 4.78 is 0. The normalized spacial score (nSPS) is 26.0. The minimum Gasteiger partial charge on any atom is -0.395 e. The lowest BCUT2D eigenvalue weighted by molar-refractivity contribution is -0.146. The number of hydrogen-bond acceptors (Lipinski definition) is 5. The topological polar surface area (TPSA) is 82.7 Å². The number of hydrogen-bond donors (Lipinski definition) is 2. The molecule has 2 fully saturated rings. The van der Waals surface area contributed by atoms with Gasteiger partial charge in [0, 0.05) is 37.9 Å². The summed E-state index contributed by atoms with van der Waals surface area (Å²) in [6.07, 6.45) is 4.57. The van der Waals surface area contributed by atoms with E-state index in [4.69, 9.17) is 10.8 Å². The Labute approximate surface area is 130 Å². The first-order chi connectivity index (χ1) is 10.6. The lowest BCUT2D eigenvalue weighted by atomic mass is 9.78. The number of likely N-dealkylation sites (tertiary alicyclic amines) is 2. The molecule has 1 spiro atoms. The summed E-state index contributed by atoms with van der Waals surface area (Å²) in [4.78, 5) is 21.0. The molecular formula is C16H24N4O2. The van der Waals surface area contributed by atoms with Crippen LogP contribution in [0.5, 0.6) is 0 Å². The van der Waals surface area contributed by atoms with E-state index in [2.05, 4.69) is 9.88 Å². The minimum atomic E-state index is -0.260. The van der Waals surface area contributed by atoms with Gasteiger partial charge in [0.2, 0.25) is 5.91 Å². The molecule has 0 aromatic carbocycles. The van der Waals surface area contributed by atoms with Crippen molar-refractivity contribution in [1.29, 1.82) is 0 Å². The fraction of sp³-hybridized carbons (Fsp3) is 0.625. The number of nitrogens with two attached hydrogens (primary N) is 1. The third-order valence-electron chi connectivity index (χ3n) is 4.95. The molecule has 1 atom stereocenters. The van der Waals surface area contributed by atoms with Crippen molar-refractivity contribution in [3.05, 3.63) is 23.9 Å². The zero-order chi connectivity index (χ0) is 15.6. The molecule has 0 bridgehead atoms. The zero-order valence-corrected chi connectivity index (χ0v) is 12.9. The van der Waals surface area contributed by atoms with E-state index in [-0.39, 0.29) is 17.9 Å². The van der Waals surface area contributed by atoms with Crippen molar-refractivity contribution < 1.29 is 9.90 Å². The van der Waals surface area contributed by atoms with Gasteiger partial charge < -0.3 is 15.7 Å². The predicted octanol–water partition coefficient (Wildman–Crippen LogP) is 0.471. The number of amides is 1. The fourth-order valence-electron chi connectivity index (χ4n) is 3.78. The molecule has 1 aromatic heterocycles. The molecule has 3 heterocycles. The number of aromatic nitrogens is 1. The number of β-amino-alcohol motifs (C(OH)–C–C–N with tert-alkyl or cyclic N) is 1. The number of aliphatic hydroxyl groups is 1. The molecule has 1 aromatic rings. The van der Waals surface area contributed by atoms with Crippen LogP contribution in [0.3, 0.4) is 0 Å². The number of pyridine rings is 1. The van der Waals surface area contributed by atoms with Crippen molar-refractivity contribution in [3.63, 3.8) is 0 Å². The SMILES string of the molecule is Nc1ncccc1CN1CC[C@@]2(CCCN(CCO)C2=O)C1. The molecule has 120 valence electrons. The molecule has 0 aliphatic carbocycles. The fourth-order valence-corrected chi connectivity index (χ4v) is 3.78. The molecule has 2 aliphatic rings. The molecule has 1 amide bonds. The number of piperidine rings is 1. The van der Waals surface area contributed by atoms with Crippen LogP contribution in [0.2, 0.25) is 0 Å². The molecule has 6 nitrogen and oxygen atoms in total. The number of nitrogens with zero attached hydrogens (tertiary/aromatic N) is 3. The molecule has 2 aliphatic heterocycles. The van der Waals surface area contributed by atoms with E-state index < -0.39 is 0 Å². The van der Waals surface area contributed by atoms with E-state index in [1.54, 1.807) is 6.20 Å². The summed E-state index contributed by atoms with van der Waals surface area (Å²) >= 11 is 0. The number of carbonyl (C=O) groups excluding carboxylic acids is 1. The van der Waals surface area contributed by atoms with Crippen molar-refractivity contribution in [3.8, 4) is 0 Å².